The number of amides is 3. The third-order valence-corrected chi connectivity index (χ3v) is 5.46. The summed E-state index contributed by atoms with van der Waals surface area (Å²) in [5.41, 5.74) is 0.875. The molecule has 7 nitrogen and oxygen atoms in total. The van der Waals surface area contributed by atoms with Crippen molar-refractivity contribution in [2.24, 2.45) is 0 Å². The van der Waals surface area contributed by atoms with Crippen molar-refractivity contribution in [3.63, 3.8) is 0 Å². The summed E-state index contributed by atoms with van der Waals surface area (Å²) in [4.78, 5) is 24.1. The van der Waals surface area contributed by atoms with E-state index in [2.05, 4.69) is 26.1 Å². The van der Waals surface area contributed by atoms with Crippen LogP contribution in [-0.2, 0) is 4.79 Å². The molecule has 1 heterocycles. The van der Waals surface area contributed by atoms with Crippen LogP contribution in [0.15, 0.2) is 58.9 Å². The largest absolute Gasteiger partial charge is 0.328 e. The predicted octanol–water partition coefficient (Wildman–Crippen LogP) is 4.25. The van der Waals surface area contributed by atoms with Gasteiger partial charge in [-0.05, 0) is 31.2 Å². The van der Waals surface area contributed by atoms with Crippen LogP contribution in [-0.4, -0.2) is 27.4 Å². The molecule has 3 aromatic rings. The summed E-state index contributed by atoms with van der Waals surface area (Å²) in [6.07, 6.45) is 0. The maximum Gasteiger partial charge on any atom is 0.325 e. The lowest BCUT2D eigenvalue weighted by Gasteiger charge is -2.10. The van der Waals surface area contributed by atoms with E-state index in [4.69, 9.17) is 0 Å². The Labute approximate surface area is 168 Å². The summed E-state index contributed by atoms with van der Waals surface area (Å²) in [5, 5.41) is 15.5. The SMILES string of the molecule is CC(Sc1nnc(Nc2ccccc2F)s1)C(=O)NC(=O)Nc1ccccc1. The van der Waals surface area contributed by atoms with E-state index in [1.807, 2.05) is 6.07 Å². The van der Waals surface area contributed by atoms with Gasteiger partial charge >= 0.3 is 6.03 Å². The molecule has 0 aliphatic rings. The molecule has 1 aromatic heterocycles. The third-order valence-electron chi connectivity index (χ3n) is 3.44. The first kappa shape index (κ1) is 19.8. The maximum atomic E-state index is 13.7. The molecule has 1 unspecified atom stereocenters. The van der Waals surface area contributed by atoms with Crippen molar-refractivity contribution in [1.29, 1.82) is 0 Å². The second-order valence-corrected chi connectivity index (χ2v) is 8.11. The first-order valence-electron chi connectivity index (χ1n) is 8.20. The fourth-order valence-electron chi connectivity index (χ4n) is 2.09. The first-order chi connectivity index (χ1) is 13.5. The number of aromatic nitrogens is 2. The minimum atomic E-state index is -0.608. The van der Waals surface area contributed by atoms with E-state index in [1.165, 1.54) is 17.4 Å². The molecule has 144 valence electrons. The molecular weight excluding hydrogens is 401 g/mol. The predicted molar refractivity (Wildman–Crippen MR) is 109 cm³/mol. The van der Waals surface area contributed by atoms with Gasteiger partial charge in [-0.25, -0.2) is 9.18 Å². The molecular formula is C18H16FN5O2S2. The minimum absolute atomic E-state index is 0.290. The number of urea groups is 1. The molecule has 0 aliphatic heterocycles. The molecule has 0 bridgehead atoms. The number of nitrogens with one attached hydrogen (secondary N) is 3. The lowest BCUT2D eigenvalue weighted by Crippen LogP contribution is -2.38. The summed E-state index contributed by atoms with van der Waals surface area (Å²) < 4.78 is 14.2. The third kappa shape index (κ3) is 5.51. The standard InChI is InChI=1S/C18H16FN5O2S2/c1-11(15(25)22-16(26)20-12-7-3-2-4-8-12)27-18-24-23-17(28-18)21-14-10-6-5-9-13(14)19/h2-11H,1H3,(H,21,23)(H2,20,22,25,26). The lowest BCUT2D eigenvalue weighted by atomic mass is 10.3. The van der Waals surface area contributed by atoms with E-state index < -0.39 is 23.0 Å². The first-order valence-corrected chi connectivity index (χ1v) is 9.89. The van der Waals surface area contributed by atoms with E-state index in [0.717, 1.165) is 11.8 Å². The molecule has 1 atom stereocenters. The molecule has 0 radical (unpaired) electrons. The van der Waals surface area contributed by atoms with Gasteiger partial charge in [-0.3, -0.25) is 10.1 Å². The topological polar surface area (TPSA) is 96.0 Å². The molecule has 0 spiro atoms. The number of anilines is 3. The fourth-order valence-corrected chi connectivity index (χ4v) is 4.00. The Hall–Kier alpha value is -2.98. The summed E-state index contributed by atoms with van der Waals surface area (Å²) in [7, 11) is 0. The lowest BCUT2D eigenvalue weighted by molar-refractivity contribution is -0.119. The number of nitrogens with zero attached hydrogens (tertiary/aromatic N) is 2. The molecule has 0 fully saturated rings. The molecule has 10 heteroatoms. The van der Waals surface area contributed by atoms with Gasteiger partial charge in [0.05, 0.1) is 10.9 Å². The number of imide groups is 1. The van der Waals surface area contributed by atoms with Gasteiger partial charge in [-0.15, -0.1) is 10.2 Å². The van der Waals surface area contributed by atoms with Crippen LogP contribution in [0.3, 0.4) is 0 Å². The van der Waals surface area contributed by atoms with Gasteiger partial charge in [-0.2, -0.15) is 0 Å². The second-order valence-electron chi connectivity index (χ2n) is 5.55. The Kier molecular flexibility index (Phi) is 6.56. The Morgan fingerprint density at radius 2 is 1.79 bits per heavy atom. The van der Waals surface area contributed by atoms with E-state index >= 15 is 0 Å². The molecule has 3 rings (SSSR count). The Morgan fingerprint density at radius 1 is 1.07 bits per heavy atom. The average Bonchev–Trinajstić information content (AvgIpc) is 3.11. The zero-order valence-electron chi connectivity index (χ0n) is 14.7. The van der Waals surface area contributed by atoms with Crippen molar-refractivity contribution in [1.82, 2.24) is 15.5 Å². The molecule has 2 aromatic carbocycles. The molecule has 0 aliphatic carbocycles. The number of hydrogen-bond donors (Lipinski definition) is 3. The van der Waals surface area contributed by atoms with Crippen molar-refractivity contribution in [2.45, 2.75) is 16.5 Å². The summed E-state index contributed by atoms with van der Waals surface area (Å²) >= 11 is 2.34. The van der Waals surface area contributed by atoms with Crippen molar-refractivity contribution < 1.29 is 14.0 Å². The number of rotatable bonds is 6. The zero-order chi connectivity index (χ0) is 19.9. The van der Waals surface area contributed by atoms with Crippen LogP contribution in [0.5, 0.6) is 0 Å². The van der Waals surface area contributed by atoms with Crippen LogP contribution in [0.1, 0.15) is 6.92 Å². The Morgan fingerprint density at radius 3 is 2.54 bits per heavy atom. The molecule has 3 N–H and O–H groups in total. The van der Waals surface area contributed by atoms with Gasteiger partial charge < -0.3 is 10.6 Å². The van der Waals surface area contributed by atoms with Gasteiger partial charge in [0, 0.05) is 5.69 Å². The van der Waals surface area contributed by atoms with Crippen LogP contribution >= 0.6 is 23.1 Å². The highest BCUT2D eigenvalue weighted by Crippen LogP contribution is 2.30. The zero-order valence-corrected chi connectivity index (χ0v) is 16.3. The van der Waals surface area contributed by atoms with E-state index in [9.17, 15) is 14.0 Å². The highest BCUT2D eigenvalue weighted by molar-refractivity contribution is 8.02. The number of carbonyl (C=O) groups is 2. The van der Waals surface area contributed by atoms with Crippen molar-refractivity contribution in [3.05, 3.63) is 60.4 Å². The summed E-state index contributed by atoms with van der Waals surface area (Å²) in [5.74, 6) is -0.860. The van der Waals surface area contributed by atoms with Gasteiger partial charge in [0.1, 0.15) is 5.82 Å². The molecule has 0 saturated heterocycles. The molecule has 3 amide bonds. The Bertz CT molecular complexity index is 967. The fraction of sp³-hybridized carbons (Fsp3) is 0.111. The highest BCUT2D eigenvalue weighted by Gasteiger charge is 2.19. The van der Waals surface area contributed by atoms with Crippen LogP contribution < -0.4 is 16.0 Å². The van der Waals surface area contributed by atoms with Crippen LogP contribution in [0, 0.1) is 5.82 Å². The number of carbonyl (C=O) groups excluding carboxylic acids is 2. The summed E-state index contributed by atoms with van der Waals surface area (Å²) in [6.45, 7) is 1.65. The van der Waals surface area contributed by atoms with E-state index in [1.54, 1.807) is 49.4 Å². The quantitative estimate of drug-likeness (QED) is 0.519. The van der Waals surface area contributed by atoms with Crippen molar-refractivity contribution in [3.8, 4) is 0 Å². The smallest absolute Gasteiger partial charge is 0.325 e. The van der Waals surface area contributed by atoms with Crippen LogP contribution in [0.4, 0.5) is 25.7 Å². The monoisotopic (exact) mass is 417 g/mol. The number of para-hydroxylation sites is 2. The van der Waals surface area contributed by atoms with Gasteiger partial charge in [-0.1, -0.05) is 53.4 Å². The van der Waals surface area contributed by atoms with E-state index in [-0.39, 0.29) is 0 Å². The summed E-state index contributed by atoms with van der Waals surface area (Å²) in [6, 6.07) is 14.4. The normalized spacial score (nSPS) is 11.5. The van der Waals surface area contributed by atoms with Gasteiger partial charge in [0.15, 0.2) is 4.34 Å². The highest BCUT2D eigenvalue weighted by atomic mass is 32.2. The van der Waals surface area contributed by atoms with E-state index in [0.29, 0.717) is 20.8 Å². The minimum Gasteiger partial charge on any atom is -0.328 e. The average molecular weight is 417 g/mol. The number of benzene rings is 2. The van der Waals surface area contributed by atoms with Gasteiger partial charge in [0.25, 0.3) is 0 Å². The van der Waals surface area contributed by atoms with Crippen LogP contribution in [0.2, 0.25) is 0 Å². The molecule has 0 saturated carbocycles. The second kappa shape index (κ2) is 9.29. The molecule has 28 heavy (non-hydrogen) atoms. The number of thioether (sulfide) groups is 1. The van der Waals surface area contributed by atoms with Crippen LogP contribution in [0.25, 0.3) is 0 Å². The number of hydrogen-bond acceptors (Lipinski definition) is 7. The van der Waals surface area contributed by atoms with Gasteiger partial charge in [0.2, 0.25) is 11.0 Å². The Balaban J connectivity index is 1.52. The maximum absolute atomic E-state index is 13.7. The van der Waals surface area contributed by atoms with Crippen molar-refractivity contribution in [2.75, 3.05) is 10.6 Å². The number of halogens is 1. The van der Waals surface area contributed by atoms with Crippen molar-refractivity contribution >= 4 is 51.5 Å².